The number of nitrogens with zero attached hydrogens (tertiary/aromatic N) is 3. The van der Waals surface area contributed by atoms with Gasteiger partial charge in [-0.2, -0.15) is 4.99 Å². The zero-order chi connectivity index (χ0) is 20.3. The number of rotatable bonds is 5. The minimum absolute atomic E-state index is 0.0662. The molecule has 8 heteroatoms. The zero-order valence-electron chi connectivity index (χ0n) is 15.8. The molecule has 0 aliphatic rings. The summed E-state index contributed by atoms with van der Waals surface area (Å²) in [7, 11) is 3.86. The molecule has 0 fully saturated rings. The summed E-state index contributed by atoms with van der Waals surface area (Å²) < 4.78 is 7.53. The summed E-state index contributed by atoms with van der Waals surface area (Å²) in [5.74, 6) is -0.794. The summed E-state index contributed by atoms with van der Waals surface area (Å²) in [5, 5.41) is 0.488. The molecule has 3 aromatic rings. The Morgan fingerprint density at radius 2 is 1.89 bits per heavy atom. The van der Waals surface area contributed by atoms with Crippen LogP contribution in [0.5, 0.6) is 0 Å². The van der Waals surface area contributed by atoms with E-state index in [0.29, 0.717) is 20.9 Å². The largest absolute Gasteiger partial charge is 0.465 e. The van der Waals surface area contributed by atoms with Gasteiger partial charge in [0.1, 0.15) is 6.54 Å². The number of thiazole rings is 1. The van der Waals surface area contributed by atoms with Crippen LogP contribution in [0, 0.1) is 0 Å². The fourth-order valence-corrected chi connectivity index (χ4v) is 4.10. The molecule has 0 bridgehead atoms. The molecule has 1 aromatic heterocycles. The van der Waals surface area contributed by atoms with Gasteiger partial charge < -0.3 is 14.2 Å². The summed E-state index contributed by atoms with van der Waals surface area (Å²) >= 11 is 7.64. The number of benzene rings is 2. The number of hydrogen-bond donors (Lipinski definition) is 0. The normalized spacial score (nSPS) is 11.6. The van der Waals surface area contributed by atoms with E-state index in [9.17, 15) is 9.59 Å². The highest BCUT2D eigenvalue weighted by molar-refractivity contribution is 7.16. The molecule has 6 nitrogen and oxygen atoms in total. The maximum Gasteiger partial charge on any atom is 0.326 e. The molecule has 0 aliphatic carbocycles. The highest BCUT2D eigenvalue weighted by Gasteiger charge is 2.15. The Hall–Kier alpha value is -2.64. The van der Waals surface area contributed by atoms with Gasteiger partial charge in [0.25, 0.3) is 5.91 Å². The van der Waals surface area contributed by atoms with Crippen LogP contribution < -0.4 is 9.70 Å². The van der Waals surface area contributed by atoms with Gasteiger partial charge in [-0.05, 0) is 43.3 Å². The lowest BCUT2D eigenvalue weighted by molar-refractivity contribution is -0.143. The van der Waals surface area contributed by atoms with Crippen molar-refractivity contribution in [1.82, 2.24) is 4.57 Å². The molecule has 0 saturated carbocycles. The summed E-state index contributed by atoms with van der Waals surface area (Å²) in [6, 6.07) is 12.6. The van der Waals surface area contributed by atoms with Crippen LogP contribution in [0.15, 0.2) is 47.5 Å². The van der Waals surface area contributed by atoms with E-state index in [2.05, 4.69) is 4.99 Å². The molecule has 1 amide bonds. The van der Waals surface area contributed by atoms with Gasteiger partial charge in [0.2, 0.25) is 0 Å². The van der Waals surface area contributed by atoms with Crippen LogP contribution in [0.25, 0.3) is 10.2 Å². The molecule has 0 radical (unpaired) electrons. The zero-order valence-corrected chi connectivity index (χ0v) is 17.4. The molecule has 28 heavy (non-hydrogen) atoms. The fourth-order valence-electron chi connectivity index (χ4n) is 2.71. The first kappa shape index (κ1) is 20.1. The van der Waals surface area contributed by atoms with Gasteiger partial charge in [0.15, 0.2) is 4.80 Å². The second-order valence-electron chi connectivity index (χ2n) is 6.22. The minimum Gasteiger partial charge on any atom is -0.465 e. The number of amides is 1. The molecule has 0 spiro atoms. The second-order valence-corrected chi connectivity index (χ2v) is 7.64. The van der Waals surface area contributed by atoms with Gasteiger partial charge in [0, 0.05) is 25.3 Å². The van der Waals surface area contributed by atoms with E-state index in [-0.39, 0.29) is 19.1 Å². The SMILES string of the molecule is CCOC(=O)Cn1c(=NC(=O)c2ccc(N(C)C)cc2)sc2cccc(Cl)c21. The van der Waals surface area contributed by atoms with Gasteiger partial charge in [-0.1, -0.05) is 29.0 Å². The third-order valence-corrected chi connectivity index (χ3v) is 5.42. The van der Waals surface area contributed by atoms with Gasteiger partial charge in [-0.15, -0.1) is 0 Å². The van der Waals surface area contributed by atoms with Crippen LogP contribution in [-0.4, -0.2) is 37.1 Å². The van der Waals surface area contributed by atoms with Crippen molar-refractivity contribution in [3.05, 3.63) is 57.9 Å². The van der Waals surface area contributed by atoms with Crippen LogP contribution >= 0.6 is 22.9 Å². The van der Waals surface area contributed by atoms with Crippen molar-refractivity contribution in [2.45, 2.75) is 13.5 Å². The van der Waals surface area contributed by atoms with Crippen molar-refractivity contribution in [2.75, 3.05) is 25.6 Å². The topological polar surface area (TPSA) is 63.9 Å². The highest BCUT2D eigenvalue weighted by Crippen LogP contribution is 2.25. The molecule has 0 aliphatic heterocycles. The Bertz CT molecular complexity index is 1080. The minimum atomic E-state index is -0.411. The first-order valence-electron chi connectivity index (χ1n) is 8.70. The van der Waals surface area contributed by atoms with Gasteiger partial charge >= 0.3 is 5.97 Å². The lowest BCUT2D eigenvalue weighted by Gasteiger charge is -2.11. The molecule has 146 valence electrons. The number of fused-ring (bicyclic) bond motifs is 1. The average molecular weight is 418 g/mol. The Morgan fingerprint density at radius 1 is 1.18 bits per heavy atom. The molecule has 3 rings (SSSR count). The van der Waals surface area contributed by atoms with E-state index in [0.717, 1.165) is 10.4 Å². The quantitative estimate of drug-likeness (QED) is 0.593. The number of carbonyl (C=O) groups is 2. The molecular formula is C20H20ClN3O3S. The Morgan fingerprint density at radius 3 is 2.54 bits per heavy atom. The van der Waals surface area contributed by atoms with Crippen LogP contribution in [0.4, 0.5) is 5.69 Å². The molecule has 0 atom stereocenters. The summed E-state index contributed by atoms with van der Waals surface area (Å²) in [6.45, 7) is 1.95. The Kier molecular flexibility index (Phi) is 6.16. The molecular weight excluding hydrogens is 398 g/mol. The van der Waals surface area contributed by atoms with E-state index in [1.807, 2.05) is 43.3 Å². The number of carbonyl (C=O) groups excluding carboxylic acids is 2. The highest BCUT2D eigenvalue weighted by atomic mass is 35.5. The number of anilines is 1. The van der Waals surface area contributed by atoms with Crippen LogP contribution in [0.2, 0.25) is 5.02 Å². The monoisotopic (exact) mass is 417 g/mol. The smallest absolute Gasteiger partial charge is 0.326 e. The lowest BCUT2D eigenvalue weighted by atomic mass is 10.2. The van der Waals surface area contributed by atoms with Crippen LogP contribution in [0.1, 0.15) is 17.3 Å². The maximum atomic E-state index is 12.7. The summed E-state index contributed by atoms with van der Waals surface area (Å²) in [6.07, 6.45) is 0. The second kappa shape index (κ2) is 8.58. The third-order valence-electron chi connectivity index (χ3n) is 4.07. The van der Waals surface area contributed by atoms with Gasteiger partial charge in [-0.25, -0.2) is 0 Å². The molecule has 0 saturated heterocycles. The third kappa shape index (κ3) is 4.26. The van der Waals surface area contributed by atoms with Crippen molar-refractivity contribution in [1.29, 1.82) is 0 Å². The van der Waals surface area contributed by atoms with Gasteiger partial charge in [0.05, 0.1) is 21.8 Å². The predicted octanol–water partition coefficient (Wildman–Crippen LogP) is 3.73. The number of halogens is 1. The van der Waals surface area contributed by atoms with Crippen molar-refractivity contribution in [3.63, 3.8) is 0 Å². The standard InChI is InChI=1S/C20H20ClN3O3S/c1-4-27-17(25)12-24-18-15(21)6-5-7-16(18)28-20(24)22-19(26)13-8-10-14(11-9-13)23(2)3/h5-11H,4,12H2,1-3H3. The van der Waals surface area contributed by atoms with Gasteiger partial charge in [-0.3, -0.25) is 9.59 Å². The Balaban J connectivity index is 2.06. The first-order chi connectivity index (χ1) is 13.4. The van der Waals surface area contributed by atoms with Crippen molar-refractivity contribution < 1.29 is 14.3 Å². The van der Waals surface area contributed by atoms with Crippen molar-refractivity contribution >= 4 is 50.7 Å². The average Bonchev–Trinajstić information content (AvgIpc) is 3.00. The molecule has 2 aromatic carbocycles. The molecule has 0 unspecified atom stereocenters. The van der Waals surface area contributed by atoms with Crippen molar-refractivity contribution in [3.8, 4) is 0 Å². The van der Waals surface area contributed by atoms with E-state index in [1.54, 1.807) is 29.7 Å². The summed E-state index contributed by atoms with van der Waals surface area (Å²) in [4.78, 5) is 31.4. The van der Waals surface area contributed by atoms with Crippen LogP contribution in [0.3, 0.4) is 0 Å². The summed E-state index contributed by atoms with van der Waals surface area (Å²) in [5.41, 5.74) is 2.12. The van der Waals surface area contributed by atoms with Crippen LogP contribution in [-0.2, 0) is 16.1 Å². The fraction of sp³-hybridized carbons (Fsp3) is 0.250. The van der Waals surface area contributed by atoms with E-state index < -0.39 is 5.97 Å². The lowest BCUT2D eigenvalue weighted by Crippen LogP contribution is -2.23. The number of hydrogen-bond acceptors (Lipinski definition) is 5. The number of aromatic nitrogens is 1. The molecule has 0 N–H and O–H groups in total. The Labute approximate surface area is 171 Å². The van der Waals surface area contributed by atoms with E-state index >= 15 is 0 Å². The first-order valence-corrected chi connectivity index (χ1v) is 9.90. The molecule has 1 heterocycles. The maximum absolute atomic E-state index is 12.7. The number of esters is 1. The predicted molar refractivity (Wildman–Crippen MR) is 112 cm³/mol. The number of ether oxygens (including phenoxy) is 1. The number of para-hydroxylation sites is 1. The van der Waals surface area contributed by atoms with Crippen molar-refractivity contribution in [2.24, 2.45) is 4.99 Å². The van der Waals surface area contributed by atoms with E-state index in [1.165, 1.54) is 11.3 Å². The van der Waals surface area contributed by atoms with E-state index in [4.69, 9.17) is 16.3 Å².